The Balaban J connectivity index is 1.40. The molecule has 2 fully saturated rings. The Morgan fingerprint density at radius 3 is 2.57 bits per heavy atom. The molecule has 0 saturated heterocycles. The van der Waals surface area contributed by atoms with Gasteiger partial charge in [0.1, 0.15) is 12.2 Å². The number of fused-ring (bicyclic) bond motifs is 1. The van der Waals surface area contributed by atoms with Crippen molar-refractivity contribution in [3.05, 3.63) is 70.3 Å². The Kier molecular flexibility index (Phi) is 7.66. The first kappa shape index (κ1) is 30.1. The van der Waals surface area contributed by atoms with Gasteiger partial charge in [0.25, 0.3) is 5.91 Å². The minimum atomic E-state index is -4.61. The van der Waals surface area contributed by atoms with Gasteiger partial charge in [-0.05, 0) is 86.1 Å². The molecule has 0 atom stereocenters. The second kappa shape index (κ2) is 11.2. The second-order valence-electron chi connectivity index (χ2n) is 12.5. The molecule has 6 rings (SSSR count). The molecule has 2 aromatic carbocycles. The van der Waals surface area contributed by atoms with Crippen LogP contribution in [0.25, 0.3) is 0 Å². The van der Waals surface area contributed by atoms with Crippen LogP contribution in [0, 0.1) is 11.3 Å². The summed E-state index contributed by atoms with van der Waals surface area (Å²) in [5.74, 6) is 0.261. The molecule has 9 nitrogen and oxygen atoms in total. The lowest BCUT2D eigenvalue weighted by atomic mass is 9.61. The van der Waals surface area contributed by atoms with Crippen LogP contribution in [0.5, 0.6) is 0 Å². The highest BCUT2D eigenvalue weighted by Crippen LogP contribution is 2.51. The van der Waals surface area contributed by atoms with Crippen LogP contribution in [0.3, 0.4) is 0 Å². The van der Waals surface area contributed by atoms with Gasteiger partial charge in [-0.15, -0.1) is 10.2 Å². The van der Waals surface area contributed by atoms with E-state index >= 15 is 0 Å². The summed E-state index contributed by atoms with van der Waals surface area (Å²) in [6, 6.07) is 10.5. The van der Waals surface area contributed by atoms with Crippen molar-refractivity contribution in [2.75, 3.05) is 23.9 Å². The number of carbonyl (C=O) groups is 1. The molecule has 1 aliphatic heterocycles. The third kappa shape index (κ3) is 5.32. The van der Waals surface area contributed by atoms with Crippen LogP contribution in [0.1, 0.15) is 83.9 Å². The van der Waals surface area contributed by atoms with Crippen molar-refractivity contribution in [2.24, 2.45) is 7.05 Å². The molecule has 2 aliphatic carbocycles. The summed E-state index contributed by atoms with van der Waals surface area (Å²) in [6.45, 7) is 2.50. The summed E-state index contributed by atoms with van der Waals surface area (Å²) in [6.07, 6.45) is 1.55. The number of halogens is 3. The minimum Gasteiger partial charge on any atom is -0.384 e. The molecule has 1 aromatic heterocycles. The summed E-state index contributed by atoms with van der Waals surface area (Å²) in [7, 11) is 3.52. The highest BCUT2D eigenvalue weighted by atomic mass is 19.4. The van der Waals surface area contributed by atoms with Gasteiger partial charge in [0, 0.05) is 49.7 Å². The highest BCUT2D eigenvalue weighted by molar-refractivity contribution is 6.10. The molecular formula is C32H36F3N7O2. The first-order valence-electron chi connectivity index (χ1n) is 14.9. The maximum Gasteiger partial charge on any atom is 0.416 e. The van der Waals surface area contributed by atoms with Crippen molar-refractivity contribution >= 4 is 17.3 Å². The largest absolute Gasteiger partial charge is 0.416 e. The van der Waals surface area contributed by atoms with E-state index in [9.17, 15) is 18.0 Å². The standard InChI is InChI=1S/C32H36F3N7O2/c1-30(6-4-7-30)38-17-20-10-25-26(27(11-20)32(33,34)35)18-42(28(25)43)23-13-21(12-22(14-23)37-9-5-8-36)31(15-24(16-31)44-3)29-40-39-19-41(29)2/h10-14,19,24,37-38H,4-7,9,15-18H2,1-3H3/t24-,31+. The number of nitrogens with one attached hydrogen (secondary N) is 2. The Bertz CT molecular complexity index is 1620. The number of carbonyl (C=O) groups excluding carboxylic acids is 1. The maximum absolute atomic E-state index is 14.4. The van der Waals surface area contributed by atoms with Crippen LogP contribution in [0.4, 0.5) is 24.5 Å². The number of nitrogens with zero attached hydrogens (tertiary/aromatic N) is 5. The average molecular weight is 608 g/mol. The number of methoxy groups -OCH3 is 1. The van der Waals surface area contributed by atoms with Crippen molar-refractivity contribution in [1.29, 1.82) is 5.26 Å². The molecule has 44 heavy (non-hydrogen) atoms. The summed E-state index contributed by atoms with van der Waals surface area (Å²) >= 11 is 0. The third-order valence-corrected chi connectivity index (χ3v) is 9.56. The monoisotopic (exact) mass is 607 g/mol. The van der Waals surface area contributed by atoms with Gasteiger partial charge >= 0.3 is 6.18 Å². The van der Waals surface area contributed by atoms with Crippen LogP contribution in [-0.4, -0.2) is 46.0 Å². The number of aromatic nitrogens is 3. The van der Waals surface area contributed by atoms with Crippen molar-refractivity contribution in [1.82, 2.24) is 20.1 Å². The normalized spacial score (nSPS) is 22.2. The van der Waals surface area contributed by atoms with Gasteiger partial charge in [0.05, 0.1) is 36.1 Å². The molecule has 0 unspecified atom stereocenters. The molecule has 3 aromatic rings. The fourth-order valence-corrected chi connectivity index (χ4v) is 6.79. The zero-order valence-electron chi connectivity index (χ0n) is 25.1. The number of anilines is 2. The molecule has 0 spiro atoms. The van der Waals surface area contributed by atoms with Crippen LogP contribution >= 0.6 is 0 Å². The van der Waals surface area contributed by atoms with E-state index in [0.717, 1.165) is 30.7 Å². The summed E-state index contributed by atoms with van der Waals surface area (Å²) in [5, 5.41) is 24.2. The molecule has 12 heteroatoms. The molecule has 0 radical (unpaired) electrons. The van der Waals surface area contributed by atoms with E-state index in [1.165, 1.54) is 11.0 Å². The molecule has 2 saturated carbocycles. The molecule has 2 heterocycles. The molecule has 0 bridgehead atoms. The topological polar surface area (TPSA) is 108 Å². The van der Waals surface area contributed by atoms with E-state index in [0.29, 0.717) is 36.3 Å². The predicted molar refractivity (Wildman–Crippen MR) is 158 cm³/mol. The number of aryl methyl sites for hydroxylation is 1. The van der Waals surface area contributed by atoms with Crippen molar-refractivity contribution in [2.45, 2.75) is 81.8 Å². The predicted octanol–water partition coefficient (Wildman–Crippen LogP) is 5.45. The van der Waals surface area contributed by atoms with Gasteiger partial charge in [-0.3, -0.25) is 4.79 Å². The Labute approximate surface area is 254 Å². The van der Waals surface area contributed by atoms with E-state index < -0.39 is 23.1 Å². The Morgan fingerprint density at radius 1 is 1.18 bits per heavy atom. The fourth-order valence-electron chi connectivity index (χ4n) is 6.79. The van der Waals surface area contributed by atoms with Crippen LogP contribution in [-0.2, 0) is 36.5 Å². The van der Waals surface area contributed by atoms with Crippen LogP contribution in [0.15, 0.2) is 36.7 Å². The zero-order valence-corrected chi connectivity index (χ0v) is 25.1. The van der Waals surface area contributed by atoms with Gasteiger partial charge in [-0.2, -0.15) is 18.4 Å². The SMILES string of the molecule is CO[C@H]1C[C@@](c2cc(NCCC#N)cc(N3Cc4c(cc(CNC5(C)CCC5)cc4C(F)(F)F)C3=O)c2)(c2nncn2C)C1. The van der Waals surface area contributed by atoms with E-state index in [1.807, 2.05) is 23.7 Å². The summed E-state index contributed by atoms with van der Waals surface area (Å²) < 4.78 is 50.7. The van der Waals surface area contributed by atoms with Crippen molar-refractivity contribution in [3.63, 3.8) is 0 Å². The number of benzene rings is 2. The number of nitriles is 1. The second-order valence-corrected chi connectivity index (χ2v) is 12.5. The zero-order chi connectivity index (χ0) is 31.3. The number of amides is 1. The first-order chi connectivity index (χ1) is 21.0. The molecule has 232 valence electrons. The average Bonchev–Trinajstić information content (AvgIpc) is 3.53. The fraction of sp³-hybridized carbons (Fsp3) is 0.500. The molecule has 3 aliphatic rings. The van der Waals surface area contributed by atoms with Crippen LogP contribution < -0.4 is 15.5 Å². The van der Waals surface area contributed by atoms with Crippen molar-refractivity contribution in [3.8, 4) is 6.07 Å². The summed E-state index contributed by atoms with van der Waals surface area (Å²) in [4.78, 5) is 15.3. The van der Waals surface area contributed by atoms with E-state index in [4.69, 9.17) is 10.00 Å². The van der Waals surface area contributed by atoms with E-state index in [2.05, 4.69) is 33.8 Å². The first-order valence-corrected chi connectivity index (χ1v) is 14.9. The Hall–Kier alpha value is -3.95. The Morgan fingerprint density at radius 2 is 1.95 bits per heavy atom. The van der Waals surface area contributed by atoms with Gasteiger partial charge in [-0.25, -0.2) is 0 Å². The number of rotatable bonds is 10. The maximum atomic E-state index is 14.4. The lowest BCUT2D eigenvalue weighted by molar-refractivity contribution is -0.138. The molecule has 2 N–H and O–H groups in total. The number of alkyl halides is 3. The quantitative estimate of drug-likeness (QED) is 0.295. The van der Waals surface area contributed by atoms with E-state index in [1.54, 1.807) is 25.6 Å². The lowest BCUT2D eigenvalue weighted by Crippen LogP contribution is -2.48. The summed E-state index contributed by atoms with van der Waals surface area (Å²) in [5.41, 5.74) is 1.03. The van der Waals surface area contributed by atoms with E-state index in [-0.39, 0.29) is 42.3 Å². The van der Waals surface area contributed by atoms with Gasteiger partial charge in [0.2, 0.25) is 0 Å². The van der Waals surface area contributed by atoms with Crippen LogP contribution in [0.2, 0.25) is 0 Å². The van der Waals surface area contributed by atoms with Gasteiger partial charge < -0.3 is 24.8 Å². The van der Waals surface area contributed by atoms with Gasteiger partial charge in [-0.1, -0.05) is 0 Å². The number of hydrogen-bond donors (Lipinski definition) is 2. The minimum absolute atomic E-state index is 0.00778. The highest BCUT2D eigenvalue weighted by Gasteiger charge is 2.51. The van der Waals surface area contributed by atoms with Crippen molar-refractivity contribution < 1.29 is 22.7 Å². The molecular weight excluding hydrogens is 571 g/mol. The third-order valence-electron chi connectivity index (χ3n) is 9.56. The lowest BCUT2D eigenvalue weighted by Gasteiger charge is -2.46. The smallest absolute Gasteiger partial charge is 0.384 e. The van der Waals surface area contributed by atoms with Gasteiger partial charge in [0.15, 0.2) is 0 Å². The number of ether oxygens (including phenoxy) is 1. The molecule has 1 amide bonds. The number of hydrogen-bond acceptors (Lipinski definition) is 7.